The Bertz CT molecular complexity index is 536. The van der Waals surface area contributed by atoms with E-state index in [1.807, 2.05) is 13.0 Å². The lowest BCUT2D eigenvalue weighted by Gasteiger charge is -2.24. The molecule has 1 aromatic carbocycles. The Morgan fingerprint density at radius 3 is 2.83 bits per heavy atom. The summed E-state index contributed by atoms with van der Waals surface area (Å²) < 4.78 is 20.3. The molecule has 1 atom stereocenters. The zero-order valence-electron chi connectivity index (χ0n) is 13.5. The molecule has 2 rings (SSSR count). The van der Waals surface area contributed by atoms with Gasteiger partial charge in [0.05, 0.1) is 12.1 Å². The summed E-state index contributed by atoms with van der Waals surface area (Å²) >= 11 is 3.26. The van der Waals surface area contributed by atoms with Gasteiger partial charge < -0.3 is 15.4 Å². The van der Waals surface area contributed by atoms with E-state index in [-0.39, 0.29) is 35.4 Å². The lowest BCUT2D eigenvalue weighted by molar-refractivity contribution is 0.0243. The maximum absolute atomic E-state index is 13.8. The zero-order chi connectivity index (χ0) is 16.0. The molecule has 1 aliphatic rings. The average Bonchev–Trinajstić information content (AvgIpc) is 2.91. The summed E-state index contributed by atoms with van der Waals surface area (Å²) in [5, 5.41) is 6.46. The standard InChI is InChI=1S/C16H23BrFN3O.HI/c1-3-19-15(21-11-16(2)7-4-8-22-16)20-10-12-5-6-13(17)9-14(12)18;/h5-6,9H,3-4,7-8,10-11H2,1-2H3,(H2,19,20,21);1H. The SMILES string of the molecule is CCNC(=NCc1ccc(Br)cc1F)NCC1(C)CCCO1.I. The third-order valence-electron chi connectivity index (χ3n) is 3.70. The Kier molecular flexibility index (Phi) is 8.78. The quantitative estimate of drug-likeness (QED) is 0.367. The van der Waals surface area contributed by atoms with E-state index >= 15 is 0 Å². The summed E-state index contributed by atoms with van der Waals surface area (Å²) in [6.45, 7) is 6.67. The number of halogens is 3. The summed E-state index contributed by atoms with van der Waals surface area (Å²) in [7, 11) is 0. The molecule has 0 spiro atoms. The fourth-order valence-electron chi connectivity index (χ4n) is 2.40. The lowest BCUT2D eigenvalue weighted by Crippen LogP contribution is -2.45. The van der Waals surface area contributed by atoms with E-state index < -0.39 is 0 Å². The highest BCUT2D eigenvalue weighted by Crippen LogP contribution is 2.23. The largest absolute Gasteiger partial charge is 0.373 e. The van der Waals surface area contributed by atoms with Crippen molar-refractivity contribution in [1.82, 2.24) is 10.6 Å². The van der Waals surface area contributed by atoms with E-state index in [0.717, 1.165) is 30.5 Å². The van der Waals surface area contributed by atoms with Crippen molar-refractivity contribution in [2.45, 2.75) is 38.8 Å². The number of rotatable bonds is 5. The first-order valence-corrected chi connectivity index (χ1v) is 8.42. The van der Waals surface area contributed by atoms with Crippen molar-refractivity contribution in [1.29, 1.82) is 0 Å². The highest BCUT2D eigenvalue weighted by atomic mass is 127. The molecule has 1 unspecified atom stereocenters. The molecule has 1 heterocycles. The number of ether oxygens (including phenoxy) is 1. The molecule has 130 valence electrons. The van der Waals surface area contributed by atoms with Crippen LogP contribution in [0.1, 0.15) is 32.3 Å². The number of hydrogen-bond donors (Lipinski definition) is 2. The molecule has 0 aliphatic carbocycles. The van der Waals surface area contributed by atoms with Gasteiger partial charge in [0.25, 0.3) is 0 Å². The molecule has 0 amide bonds. The molecule has 1 saturated heterocycles. The first-order chi connectivity index (χ1) is 10.5. The molecule has 0 saturated carbocycles. The van der Waals surface area contributed by atoms with Crippen molar-refractivity contribution in [2.24, 2.45) is 4.99 Å². The number of nitrogens with zero attached hydrogens (tertiary/aromatic N) is 1. The Labute approximate surface area is 162 Å². The van der Waals surface area contributed by atoms with Crippen LogP contribution in [0, 0.1) is 5.82 Å². The van der Waals surface area contributed by atoms with Crippen molar-refractivity contribution in [2.75, 3.05) is 19.7 Å². The van der Waals surface area contributed by atoms with E-state index in [2.05, 4.69) is 38.5 Å². The van der Waals surface area contributed by atoms with Gasteiger partial charge in [-0.1, -0.05) is 22.0 Å². The molecule has 1 aromatic rings. The van der Waals surface area contributed by atoms with E-state index in [1.54, 1.807) is 6.07 Å². The van der Waals surface area contributed by atoms with E-state index in [1.165, 1.54) is 6.07 Å². The smallest absolute Gasteiger partial charge is 0.191 e. The molecular weight excluding hydrogens is 476 g/mol. The molecule has 0 bridgehead atoms. The fourth-order valence-corrected chi connectivity index (χ4v) is 2.74. The van der Waals surface area contributed by atoms with Gasteiger partial charge in [0, 0.05) is 29.7 Å². The zero-order valence-corrected chi connectivity index (χ0v) is 17.4. The Morgan fingerprint density at radius 2 is 2.22 bits per heavy atom. The van der Waals surface area contributed by atoms with Gasteiger partial charge in [-0.3, -0.25) is 0 Å². The predicted molar refractivity (Wildman–Crippen MR) is 106 cm³/mol. The molecule has 0 aromatic heterocycles. The lowest BCUT2D eigenvalue weighted by atomic mass is 10.0. The van der Waals surface area contributed by atoms with Crippen molar-refractivity contribution in [3.63, 3.8) is 0 Å². The van der Waals surface area contributed by atoms with E-state index in [0.29, 0.717) is 24.6 Å². The molecular formula is C16H24BrFIN3O. The molecule has 2 N–H and O–H groups in total. The first-order valence-electron chi connectivity index (χ1n) is 7.62. The second kappa shape index (κ2) is 9.78. The normalized spacial score (nSPS) is 21.0. The molecule has 0 radical (unpaired) electrons. The van der Waals surface area contributed by atoms with Crippen LogP contribution in [0.2, 0.25) is 0 Å². The van der Waals surface area contributed by atoms with Crippen LogP contribution < -0.4 is 10.6 Å². The van der Waals surface area contributed by atoms with E-state index in [4.69, 9.17) is 4.74 Å². The first kappa shape index (κ1) is 20.6. The fraction of sp³-hybridized carbons (Fsp3) is 0.562. The molecule has 23 heavy (non-hydrogen) atoms. The third kappa shape index (κ3) is 6.54. The van der Waals surface area contributed by atoms with Gasteiger partial charge in [0.1, 0.15) is 5.82 Å². The Balaban J connectivity index is 0.00000264. The van der Waals surface area contributed by atoms with Gasteiger partial charge >= 0.3 is 0 Å². The van der Waals surface area contributed by atoms with Gasteiger partial charge in [0.15, 0.2) is 5.96 Å². The second-order valence-corrected chi connectivity index (χ2v) is 6.60. The second-order valence-electron chi connectivity index (χ2n) is 5.69. The minimum absolute atomic E-state index is 0. The van der Waals surface area contributed by atoms with Crippen molar-refractivity contribution in [3.8, 4) is 0 Å². The van der Waals surface area contributed by atoms with Crippen LogP contribution >= 0.6 is 39.9 Å². The van der Waals surface area contributed by atoms with Gasteiger partial charge in [-0.2, -0.15) is 0 Å². The van der Waals surface area contributed by atoms with Crippen LogP contribution in [-0.4, -0.2) is 31.3 Å². The molecule has 4 nitrogen and oxygen atoms in total. The van der Waals surface area contributed by atoms with Crippen LogP contribution in [0.4, 0.5) is 4.39 Å². The molecule has 1 aliphatic heterocycles. The van der Waals surface area contributed by atoms with Gasteiger partial charge in [0.2, 0.25) is 0 Å². The summed E-state index contributed by atoms with van der Waals surface area (Å²) in [6, 6.07) is 5.02. The number of nitrogens with one attached hydrogen (secondary N) is 2. The summed E-state index contributed by atoms with van der Waals surface area (Å²) in [4.78, 5) is 4.45. The van der Waals surface area contributed by atoms with Crippen molar-refractivity contribution in [3.05, 3.63) is 34.1 Å². The van der Waals surface area contributed by atoms with Crippen LogP contribution in [0.3, 0.4) is 0 Å². The number of guanidine groups is 1. The highest BCUT2D eigenvalue weighted by Gasteiger charge is 2.29. The topological polar surface area (TPSA) is 45.7 Å². The van der Waals surface area contributed by atoms with Gasteiger partial charge in [-0.05, 0) is 38.8 Å². The minimum Gasteiger partial charge on any atom is -0.373 e. The van der Waals surface area contributed by atoms with Gasteiger partial charge in [-0.15, -0.1) is 24.0 Å². The van der Waals surface area contributed by atoms with Crippen molar-refractivity contribution >= 4 is 45.9 Å². The number of benzene rings is 1. The number of aliphatic imine (C=N–C) groups is 1. The van der Waals surface area contributed by atoms with Crippen LogP contribution in [0.15, 0.2) is 27.7 Å². The van der Waals surface area contributed by atoms with Crippen LogP contribution in [0.5, 0.6) is 0 Å². The van der Waals surface area contributed by atoms with Gasteiger partial charge in [-0.25, -0.2) is 9.38 Å². The third-order valence-corrected chi connectivity index (χ3v) is 4.19. The summed E-state index contributed by atoms with van der Waals surface area (Å²) in [5.41, 5.74) is 0.433. The predicted octanol–water partition coefficient (Wildman–Crippen LogP) is 3.83. The summed E-state index contributed by atoms with van der Waals surface area (Å²) in [5.74, 6) is 0.432. The average molecular weight is 500 g/mol. The van der Waals surface area contributed by atoms with Crippen LogP contribution in [0.25, 0.3) is 0 Å². The Hall–Kier alpha value is -0.410. The van der Waals surface area contributed by atoms with Crippen LogP contribution in [-0.2, 0) is 11.3 Å². The minimum atomic E-state index is -0.250. The highest BCUT2D eigenvalue weighted by molar-refractivity contribution is 14.0. The monoisotopic (exact) mass is 499 g/mol. The summed E-state index contributed by atoms with van der Waals surface area (Å²) in [6.07, 6.45) is 2.14. The molecule has 1 fully saturated rings. The molecule has 7 heteroatoms. The maximum atomic E-state index is 13.8. The maximum Gasteiger partial charge on any atom is 0.191 e. The van der Waals surface area contributed by atoms with Crippen molar-refractivity contribution < 1.29 is 9.13 Å². The van der Waals surface area contributed by atoms with E-state index in [9.17, 15) is 4.39 Å². The Morgan fingerprint density at radius 1 is 1.43 bits per heavy atom. The number of hydrogen-bond acceptors (Lipinski definition) is 2.